The molecule has 7 nitrogen and oxygen atoms in total. The van der Waals surface area contributed by atoms with Crippen molar-refractivity contribution in [3.05, 3.63) is 88.4 Å². The molecule has 3 aromatic rings. The van der Waals surface area contributed by atoms with Crippen LogP contribution in [0.3, 0.4) is 0 Å². The van der Waals surface area contributed by atoms with Crippen LogP contribution in [-0.4, -0.2) is 33.9 Å². The number of hydrogen-bond acceptors (Lipinski definition) is 5. The van der Waals surface area contributed by atoms with Crippen LogP contribution in [0.15, 0.2) is 71.6 Å². The molecule has 0 radical (unpaired) electrons. The van der Waals surface area contributed by atoms with Gasteiger partial charge >= 0.3 is 5.97 Å². The van der Waals surface area contributed by atoms with Crippen LogP contribution in [0.5, 0.6) is 0 Å². The maximum atomic E-state index is 12.9. The lowest BCUT2D eigenvalue weighted by molar-refractivity contribution is 0.0526. The number of hydrogen-bond donors (Lipinski definition) is 1. The zero-order valence-corrected chi connectivity index (χ0v) is 19.9. The Morgan fingerprint density at radius 1 is 0.970 bits per heavy atom. The Bertz CT molecular complexity index is 1270. The monoisotopic (exact) mass is 486 g/mol. The fraction of sp³-hybridized carbons (Fsp3) is 0.167. The van der Waals surface area contributed by atoms with Gasteiger partial charge in [-0.2, -0.15) is 0 Å². The molecule has 9 heteroatoms. The topological polar surface area (TPSA) is 92.8 Å². The Kier molecular flexibility index (Phi) is 7.40. The summed E-state index contributed by atoms with van der Waals surface area (Å²) in [5.74, 6) is -0.936. The van der Waals surface area contributed by atoms with Crippen LogP contribution in [0.2, 0.25) is 5.02 Å². The van der Waals surface area contributed by atoms with Crippen molar-refractivity contribution in [3.63, 3.8) is 0 Å². The van der Waals surface area contributed by atoms with Crippen LogP contribution >= 0.6 is 11.6 Å². The normalized spacial score (nSPS) is 11.0. The van der Waals surface area contributed by atoms with E-state index in [1.807, 2.05) is 6.92 Å². The highest BCUT2D eigenvalue weighted by atomic mass is 35.5. The fourth-order valence-electron chi connectivity index (χ4n) is 2.98. The second kappa shape index (κ2) is 10.1. The van der Waals surface area contributed by atoms with E-state index in [0.29, 0.717) is 16.9 Å². The molecule has 0 bridgehead atoms. The van der Waals surface area contributed by atoms with Gasteiger partial charge in [0.15, 0.2) is 0 Å². The first-order valence-electron chi connectivity index (χ1n) is 10.1. The van der Waals surface area contributed by atoms with Gasteiger partial charge in [-0.15, -0.1) is 0 Å². The lowest BCUT2D eigenvalue weighted by atomic mass is 10.1. The Morgan fingerprint density at radius 3 is 2.15 bits per heavy atom. The number of carbonyl (C=O) groups excluding carboxylic acids is 2. The van der Waals surface area contributed by atoms with E-state index < -0.39 is 21.9 Å². The number of halogens is 1. The molecule has 0 aliphatic heterocycles. The third kappa shape index (κ3) is 5.53. The Balaban J connectivity index is 1.74. The van der Waals surface area contributed by atoms with E-state index in [9.17, 15) is 18.0 Å². The molecule has 0 aliphatic carbocycles. The van der Waals surface area contributed by atoms with Gasteiger partial charge in [-0.1, -0.05) is 29.3 Å². The minimum absolute atomic E-state index is 0.179. The molecule has 0 aliphatic rings. The van der Waals surface area contributed by atoms with Crippen molar-refractivity contribution >= 4 is 44.9 Å². The van der Waals surface area contributed by atoms with Crippen molar-refractivity contribution in [2.45, 2.75) is 18.7 Å². The van der Waals surface area contributed by atoms with Gasteiger partial charge < -0.3 is 10.1 Å². The molecule has 0 atom stereocenters. The molecular formula is C24H23ClN2O5S. The summed E-state index contributed by atoms with van der Waals surface area (Å²) >= 11 is 6.19. The highest BCUT2D eigenvalue weighted by molar-refractivity contribution is 7.92. The second-order valence-electron chi connectivity index (χ2n) is 7.20. The van der Waals surface area contributed by atoms with Gasteiger partial charge in [0.1, 0.15) is 0 Å². The molecule has 0 saturated heterocycles. The lowest BCUT2D eigenvalue weighted by Crippen LogP contribution is -2.26. The van der Waals surface area contributed by atoms with Crippen LogP contribution in [0.1, 0.15) is 33.2 Å². The summed E-state index contributed by atoms with van der Waals surface area (Å²) in [6.07, 6.45) is 0. The summed E-state index contributed by atoms with van der Waals surface area (Å²) in [6, 6.07) is 17.2. The number of rotatable bonds is 7. The molecule has 3 rings (SSSR count). The van der Waals surface area contributed by atoms with Gasteiger partial charge in [0.25, 0.3) is 15.9 Å². The summed E-state index contributed by atoms with van der Waals surface area (Å²) in [7, 11) is -2.28. The first-order valence-corrected chi connectivity index (χ1v) is 11.9. The van der Waals surface area contributed by atoms with Crippen LogP contribution < -0.4 is 9.62 Å². The predicted octanol–water partition coefficient (Wildman–Crippen LogP) is 4.90. The summed E-state index contributed by atoms with van der Waals surface area (Å²) in [6.45, 7) is 3.83. The van der Waals surface area contributed by atoms with Crippen LogP contribution in [0.4, 0.5) is 11.4 Å². The summed E-state index contributed by atoms with van der Waals surface area (Å²) < 4.78 is 31.8. The summed E-state index contributed by atoms with van der Waals surface area (Å²) in [4.78, 5) is 24.6. The van der Waals surface area contributed by atoms with E-state index in [1.165, 1.54) is 37.4 Å². The average Bonchev–Trinajstić information content (AvgIpc) is 2.80. The third-order valence-corrected chi connectivity index (χ3v) is 7.01. The first-order chi connectivity index (χ1) is 15.6. The second-order valence-corrected chi connectivity index (χ2v) is 9.58. The van der Waals surface area contributed by atoms with Crippen molar-refractivity contribution in [1.29, 1.82) is 0 Å². The standard InChI is InChI=1S/C24H23ClN2O5S/c1-4-32-24(29)18-9-14-22(21(25)15-18)26-23(28)17-7-10-19(11-8-17)27(3)33(30,31)20-12-5-16(2)6-13-20/h5-15H,4H2,1-3H3,(H,26,28). The molecule has 0 unspecified atom stereocenters. The van der Waals surface area contributed by atoms with E-state index in [0.717, 1.165) is 9.87 Å². The SMILES string of the molecule is CCOC(=O)c1ccc(NC(=O)c2ccc(N(C)S(=O)(=O)c3ccc(C)cc3)cc2)c(Cl)c1. The number of nitrogens with one attached hydrogen (secondary N) is 1. The van der Waals surface area contributed by atoms with Crippen molar-refractivity contribution in [3.8, 4) is 0 Å². The fourth-order valence-corrected chi connectivity index (χ4v) is 4.41. The molecule has 172 valence electrons. The van der Waals surface area contributed by atoms with Crippen LogP contribution in [0.25, 0.3) is 0 Å². The number of carbonyl (C=O) groups is 2. The van der Waals surface area contributed by atoms with Gasteiger partial charge in [-0.25, -0.2) is 13.2 Å². The minimum atomic E-state index is -3.73. The highest BCUT2D eigenvalue weighted by Gasteiger charge is 2.21. The summed E-state index contributed by atoms with van der Waals surface area (Å²) in [5.41, 5.74) is 2.29. The molecule has 0 spiro atoms. The maximum absolute atomic E-state index is 12.9. The zero-order chi connectivity index (χ0) is 24.2. The van der Waals surface area contributed by atoms with Gasteiger partial charge in [-0.3, -0.25) is 9.10 Å². The molecule has 33 heavy (non-hydrogen) atoms. The van der Waals surface area contributed by atoms with E-state index in [4.69, 9.17) is 16.3 Å². The molecule has 0 aromatic heterocycles. The predicted molar refractivity (Wildman–Crippen MR) is 129 cm³/mol. The van der Waals surface area contributed by atoms with Crippen molar-refractivity contribution in [1.82, 2.24) is 0 Å². The maximum Gasteiger partial charge on any atom is 0.338 e. The van der Waals surface area contributed by atoms with Gasteiger partial charge in [0.05, 0.1) is 33.5 Å². The number of amides is 1. The number of nitrogens with zero attached hydrogens (tertiary/aromatic N) is 1. The number of anilines is 2. The number of benzene rings is 3. The van der Waals surface area contributed by atoms with Crippen LogP contribution in [-0.2, 0) is 14.8 Å². The molecular weight excluding hydrogens is 464 g/mol. The smallest absolute Gasteiger partial charge is 0.338 e. The van der Waals surface area contributed by atoms with Crippen LogP contribution in [0, 0.1) is 6.92 Å². The van der Waals surface area contributed by atoms with Crippen molar-refractivity contribution in [2.24, 2.45) is 0 Å². The van der Waals surface area contributed by atoms with E-state index in [2.05, 4.69) is 5.32 Å². The molecule has 0 fully saturated rings. The number of esters is 1. The van der Waals surface area contributed by atoms with Crippen molar-refractivity contribution < 1.29 is 22.7 Å². The molecule has 3 aromatic carbocycles. The Hall–Kier alpha value is -3.36. The first kappa shape index (κ1) is 24.3. The van der Waals surface area contributed by atoms with E-state index in [-0.39, 0.29) is 22.1 Å². The third-order valence-electron chi connectivity index (χ3n) is 4.90. The number of sulfonamides is 1. The van der Waals surface area contributed by atoms with Crippen molar-refractivity contribution in [2.75, 3.05) is 23.3 Å². The van der Waals surface area contributed by atoms with E-state index >= 15 is 0 Å². The lowest BCUT2D eigenvalue weighted by Gasteiger charge is -2.20. The Morgan fingerprint density at radius 2 is 1.58 bits per heavy atom. The molecule has 0 heterocycles. The number of aryl methyl sites for hydroxylation is 1. The Labute approximate surface area is 198 Å². The molecule has 0 saturated carbocycles. The number of ether oxygens (including phenoxy) is 1. The summed E-state index contributed by atoms with van der Waals surface area (Å²) in [5, 5.41) is 2.87. The minimum Gasteiger partial charge on any atom is -0.462 e. The zero-order valence-electron chi connectivity index (χ0n) is 18.3. The molecule has 1 N–H and O–H groups in total. The average molecular weight is 487 g/mol. The van der Waals surface area contributed by atoms with Gasteiger partial charge in [0.2, 0.25) is 0 Å². The van der Waals surface area contributed by atoms with Gasteiger partial charge in [0, 0.05) is 12.6 Å². The largest absolute Gasteiger partial charge is 0.462 e. The quantitative estimate of drug-likeness (QED) is 0.479. The van der Waals surface area contributed by atoms with E-state index in [1.54, 1.807) is 43.3 Å². The highest BCUT2D eigenvalue weighted by Crippen LogP contribution is 2.26. The molecule has 1 amide bonds. The van der Waals surface area contributed by atoms with Gasteiger partial charge in [-0.05, 0) is 68.4 Å².